The molecule has 1 atom stereocenters. The second-order valence-electron chi connectivity index (χ2n) is 10.7. The molecule has 0 radical (unpaired) electrons. The van der Waals surface area contributed by atoms with Gasteiger partial charge in [-0.3, -0.25) is 9.78 Å². The van der Waals surface area contributed by atoms with E-state index in [1.54, 1.807) is 32.9 Å². The largest absolute Gasteiger partial charge is 0.493 e. The van der Waals surface area contributed by atoms with Gasteiger partial charge in [0.1, 0.15) is 17.2 Å². The Labute approximate surface area is 235 Å². The number of nitrogens with zero attached hydrogens (tertiary/aromatic N) is 2. The van der Waals surface area contributed by atoms with Crippen molar-refractivity contribution in [2.75, 3.05) is 24.6 Å². The minimum Gasteiger partial charge on any atom is -0.493 e. The third-order valence-electron chi connectivity index (χ3n) is 6.42. The summed E-state index contributed by atoms with van der Waals surface area (Å²) in [6.07, 6.45) is -3.59. The zero-order valence-electron chi connectivity index (χ0n) is 22.9. The second kappa shape index (κ2) is 12.2. The Kier molecular flexibility index (Phi) is 8.84. The number of anilines is 1. The number of amides is 2. The quantitative estimate of drug-likeness (QED) is 0.332. The van der Waals surface area contributed by atoms with Gasteiger partial charge in [0.15, 0.2) is 0 Å². The van der Waals surface area contributed by atoms with E-state index in [2.05, 4.69) is 10.3 Å². The van der Waals surface area contributed by atoms with Crippen LogP contribution in [-0.2, 0) is 28.5 Å². The number of alkyl halides is 3. The first kappa shape index (κ1) is 29.8. The molecule has 2 aromatic carbocycles. The van der Waals surface area contributed by atoms with E-state index < -0.39 is 41.1 Å². The smallest absolute Gasteiger partial charge is 0.417 e. The lowest BCUT2D eigenvalue weighted by molar-refractivity contribution is -0.137. The average molecular weight is 574 g/mol. The maximum atomic E-state index is 14.2. The van der Waals surface area contributed by atoms with Gasteiger partial charge in [-0.25, -0.2) is 9.18 Å². The lowest BCUT2D eigenvalue weighted by Gasteiger charge is -2.29. The van der Waals surface area contributed by atoms with Gasteiger partial charge in [0.2, 0.25) is 5.91 Å². The summed E-state index contributed by atoms with van der Waals surface area (Å²) in [5, 5.41) is 2.63. The van der Waals surface area contributed by atoms with Crippen molar-refractivity contribution in [2.24, 2.45) is 0 Å². The number of halogens is 4. The number of aromatic nitrogens is 1. The number of rotatable bonds is 8. The summed E-state index contributed by atoms with van der Waals surface area (Å²) in [4.78, 5) is 32.0. The molecule has 2 heterocycles. The zero-order chi connectivity index (χ0) is 29.8. The summed E-state index contributed by atoms with van der Waals surface area (Å²) in [5.41, 5.74) is 0.694. The highest BCUT2D eigenvalue weighted by atomic mass is 19.4. The van der Waals surface area contributed by atoms with Crippen LogP contribution in [-0.4, -0.2) is 42.3 Å². The van der Waals surface area contributed by atoms with Crippen LogP contribution in [0.2, 0.25) is 0 Å². The number of carbonyl (C=O) groups excluding carboxylic acids is 2. The van der Waals surface area contributed by atoms with Crippen molar-refractivity contribution >= 4 is 17.7 Å². The van der Waals surface area contributed by atoms with E-state index in [9.17, 15) is 27.2 Å². The summed E-state index contributed by atoms with van der Waals surface area (Å²) >= 11 is 0. The molecule has 7 nitrogen and oxygen atoms in total. The number of ether oxygens (including phenoxy) is 2. The van der Waals surface area contributed by atoms with Gasteiger partial charge in [-0.15, -0.1) is 0 Å². The molecule has 0 spiro atoms. The Hall–Kier alpha value is -4.15. The Balaban J connectivity index is 1.63. The summed E-state index contributed by atoms with van der Waals surface area (Å²) in [7, 11) is 0. The van der Waals surface area contributed by atoms with E-state index in [4.69, 9.17) is 9.47 Å². The van der Waals surface area contributed by atoms with Crippen molar-refractivity contribution in [1.29, 1.82) is 0 Å². The first-order valence-electron chi connectivity index (χ1n) is 13.1. The summed E-state index contributed by atoms with van der Waals surface area (Å²) in [6.45, 7) is 5.57. The normalized spacial score (nSPS) is 13.6. The van der Waals surface area contributed by atoms with Crippen LogP contribution in [0.1, 0.15) is 49.1 Å². The fraction of sp³-hybridized carbons (Fsp3) is 0.367. The van der Waals surface area contributed by atoms with E-state index in [0.717, 1.165) is 24.2 Å². The molecule has 1 aliphatic heterocycles. The molecule has 2 amide bonds. The van der Waals surface area contributed by atoms with E-state index in [1.807, 2.05) is 6.07 Å². The van der Waals surface area contributed by atoms with Crippen molar-refractivity contribution in [3.05, 3.63) is 89.0 Å². The SMILES string of the molecule is CC(C)(C)OC(=O)NCC(C(=O)N(CCc1ccc(C(F)(F)F)cn1)c1ccc2c(c1)OCC2)c1ccc(F)cc1. The van der Waals surface area contributed by atoms with Crippen LogP contribution in [0.15, 0.2) is 60.8 Å². The third kappa shape index (κ3) is 7.96. The molecular formula is C30H31F4N3O4. The van der Waals surface area contributed by atoms with Crippen molar-refractivity contribution in [3.8, 4) is 5.75 Å². The number of benzene rings is 2. The third-order valence-corrected chi connectivity index (χ3v) is 6.42. The summed E-state index contributed by atoms with van der Waals surface area (Å²) in [5.74, 6) is -1.20. The molecule has 218 valence electrons. The predicted octanol–water partition coefficient (Wildman–Crippen LogP) is 6.06. The Bertz CT molecular complexity index is 1370. The highest BCUT2D eigenvalue weighted by molar-refractivity contribution is 5.98. The minimum atomic E-state index is -4.51. The van der Waals surface area contributed by atoms with Gasteiger partial charge in [-0.2, -0.15) is 13.2 Å². The standard InChI is InChI=1S/C30H31F4N3O4/c1-29(2,3)41-28(39)36-18-25(19-4-8-22(31)9-5-19)27(38)37(24-11-6-20-13-15-40-26(20)16-24)14-12-23-10-7-21(17-35-23)30(32,33)34/h4-11,16-17,25H,12-15,18H2,1-3H3,(H,36,39). The van der Waals surface area contributed by atoms with Crippen molar-refractivity contribution < 1.29 is 36.6 Å². The highest BCUT2D eigenvalue weighted by Crippen LogP contribution is 2.32. The van der Waals surface area contributed by atoms with E-state index in [1.165, 1.54) is 35.2 Å². The van der Waals surface area contributed by atoms with Crippen LogP contribution in [0.5, 0.6) is 5.75 Å². The van der Waals surface area contributed by atoms with Crippen LogP contribution >= 0.6 is 0 Å². The van der Waals surface area contributed by atoms with Gasteiger partial charge in [0.25, 0.3) is 0 Å². The number of hydrogen-bond donors (Lipinski definition) is 1. The van der Waals surface area contributed by atoms with Gasteiger partial charge in [-0.05, 0) is 62.2 Å². The van der Waals surface area contributed by atoms with Crippen LogP contribution in [0.25, 0.3) is 0 Å². The molecule has 4 rings (SSSR count). The zero-order valence-corrected chi connectivity index (χ0v) is 22.9. The molecule has 1 N–H and O–H groups in total. The van der Waals surface area contributed by atoms with Crippen LogP contribution in [0.4, 0.5) is 28.0 Å². The van der Waals surface area contributed by atoms with Gasteiger partial charge >= 0.3 is 12.3 Å². The maximum Gasteiger partial charge on any atom is 0.417 e. The summed E-state index contributed by atoms with van der Waals surface area (Å²) in [6, 6.07) is 13.0. The van der Waals surface area contributed by atoms with Gasteiger partial charge in [0.05, 0.1) is 18.1 Å². The topological polar surface area (TPSA) is 80.8 Å². The molecule has 0 saturated heterocycles. The Morgan fingerprint density at radius 3 is 2.44 bits per heavy atom. The number of alkyl carbamates (subject to hydrolysis) is 1. The second-order valence-corrected chi connectivity index (χ2v) is 10.7. The minimum absolute atomic E-state index is 0.0696. The number of pyridine rings is 1. The molecule has 3 aromatic rings. The molecule has 0 saturated carbocycles. The first-order valence-corrected chi connectivity index (χ1v) is 13.1. The first-order chi connectivity index (χ1) is 19.3. The predicted molar refractivity (Wildman–Crippen MR) is 144 cm³/mol. The van der Waals surface area contributed by atoms with Crippen LogP contribution in [0, 0.1) is 5.82 Å². The molecule has 41 heavy (non-hydrogen) atoms. The van der Waals surface area contributed by atoms with Gasteiger partial charge < -0.3 is 19.7 Å². The van der Waals surface area contributed by atoms with Gasteiger partial charge in [-0.1, -0.05) is 18.2 Å². The molecule has 1 aromatic heterocycles. The molecule has 11 heteroatoms. The maximum absolute atomic E-state index is 14.2. The van der Waals surface area contributed by atoms with E-state index in [-0.39, 0.29) is 19.5 Å². The fourth-order valence-electron chi connectivity index (χ4n) is 4.39. The van der Waals surface area contributed by atoms with Crippen LogP contribution < -0.4 is 15.0 Å². The lowest BCUT2D eigenvalue weighted by Crippen LogP contribution is -2.42. The van der Waals surface area contributed by atoms with Crippen molar-refractivity contribution in [2.45, 2.75) is 51.3 Å². The number of fused-ring (bicyclic) bond motifs is 1. The number of nitrogens with one attached hydrogen (secondary N) is 1. The number of carbonyl (C=O) groups is 2. The summed E-state index contributed by atoms with van der Waals surface area (Å²) < 4.78 is 63.7. The van der Waals surface area contributed by atoms with Crippen molar-refractivity contribution in [3.63, 3.8) is 0 Å². The highest BCUT2D eigenvalue weighted by Gasteiger charge is 2.32. The molecule has 0 fully saturated rings. The molecule has 1 unspecified atom stereocenters. The van der Waals surface area contributed by atoms with Gasteiger partial charge in [0, 0.05) is 49.6 Å². The molecule has 1 aliphatic rings. The van der Waals surface area contributed by atoms with E-state index >= 15 is 0 Å². The molecule has 0 bridgehead atoms. The fourth-order valence-corrected chi connectivity index (χ4v) is 4.39. The van der Waals surface area contributed by atoms with Crippen LogP contribution in [0.3, 0.4) is 0 Å². The Morgan fingerprint density at radius 1 is 1.07 bits per heavy atom. The van der Waals surface area contributed by atoms with Crippen molar-refractivity contribution in [1.82, 2.24) is 10.3 Å². The molecular weight excluding hydrogens is 542 g/mol. The lowest BCUT2D eigenvalue weighted by atomic mass is 9.96. The average Bonchev–Trinajstić information content (AvgIpc) is 3.37. The molecule has 0 aliphatic carbocycles. The van der Waals surface area contributed by atoms with E-state index in [0.29, 0.717) is 29.3 Å². The monoisotopic (exact) mass is 573 g/mol. The Morgan fingerprint density at radius 2 is 1.80 bits per heavy atom. The number of hydrogen-bond acceptors (Lipinski definition) is 5.